The van der Waals surface area contributed by atoms with E-state index in [0.29, 0.717) is 63.3 Å². The van der Waals surface area contributed by atoms with Gasteiger partial charge in [-0.1, -0.05) is 32.1 Å². The highest BCUT2D eigenvalue weighted by atomic mass is 32.2. The SMILES string of the molecule is [B]CC(=O)N(CCNC(=O)CN(CCOP(=O)(O)OCCCCCCNC(=O)CCCCC1SCC2NC(=O)NC21)C(=O)C[B])CC(=O)NCCCCCCOP(=O)(O)O. The van der Waals surface area contributed by atoms with Crippen molar-refractivity contribution < 1.29 is 66.1 Å². The van der Waals surface area contributed by atoms with Crippen LogP contribution in [0.4, 0.5) is 4.79 Å². The van der Waals surface area contributed by atoms with E-state index in [1.54, 1.807) is 0 Å². The molecule has 338 valence electrons. The molecule has 7 amide bonds. The number of carbonyl (C=O) groups is 6. The maximum Gasteiger partial charge on any atom is 0.472 e. The lowest BCUT2D eigenvalue weighted by Gasteiger charge is -2.24. The summed E-state index contributed by atoms with van der Waals surface area (Å²) in [7, 11) is 2.00. The molecule has 26 heteroatoms. The Morgan fingerprint density at radius 2 is 1.22 bits per heavy atom. The van der Waals surface area contributed by atoms with Gasteiger partial charge in [0.25, 0.3) is 0 Å². The lowest BCUT2D eigenvalue weighted by Crippen LogP contribution is -2.46. The largest absolute Gasteiger partial charge is 0.472 e. The standard InChI is InChI=1S/C34H61B2N7O14P2S/c35-21-31(47)42(23-29(45)38-14-8-1-3-9-18-55-58(50,51)52)16-15-39-30(46)24-43(32(48)22-36)17-20-57-59(53,54)56-19-10-4-2-7-13-37-28(44)12-6-5-11-27-33-26(25-60-27)40-34(49)41-33/h26-27,33H,1-25H2,(H,37,44)(H,38,45)(H,39,46)(H,53,54)(H2,40,41,49)(H2,50,51,52). The van der Waals surface area contributed by atoms with E-state index in [-0.39, 0.29) is 69.7 Å². The summed E-state index contributed by atoms with van der Waals surface area (Å²) in [6.07, 6.45) is 7.27. The van der Waals surface area contributed by atoms with Gasteiger partial charge in [0, 0.05) is 50.1 Å². The highest BCUT2D eigenvalue weighted by Gasteiger charge is 2.42. The van der Waals surface area contributed by atoms with Gasteiger partial charge in [0.2, 0.25) is 29.5 Å². The average Bonchev–Trinajstić information content (AvgIpc) is 3.75. The second kappa shape index (κ2) is 29.6. The van der Waals surface area contributed by atoms with Crippen LogP contribution in [0.3, 0.4) is 0 Å². The minimum absolute atomic E-state index is 0.00473. The van der Waals surface area contributed by atoms with Crippen LogP contribution in [0.1, 0.15) is 77.0 Å². The Balaban J connectivity index is 1.54. The number of nitrogens with zero attached hydrogens (tertiary/aromatic N) is 2. The molecule has 0 bridgehead atoms. The molecule has 2 aliphatic rings. The fraction of sp³-hybridized carbons (Fsp3) is 0.824. The smallest absolute Gasteiger partial charge is 0.356 e. The van der Waals surface area contributed by atoms with Crippen LogP contribution >= 0.6 is 27.4 Å². The van der Waals surface area contributed by atoms with Gasteiger partial charge < -0.3 is 51.1 Å². The Morgan fingerprint density at radius 3 is 1.82 bits per heavy atom. The predicted octanol–water partition coefficient (Wildman–Crippen LogP) is 0.255. The first kappa shape index (κ1) is 53.5. The van der Waals surface area contributed by atoms with Gasteiger partial charge in [0.15, 0.2) is 0 Å². The molecule has 0 aliphatic carbocycles. The number of hydrogen-bond acceptors (Lipinski definition) is 12. The number of phosphoric acid groups is 2. The van der Waals surface area contributed by atoms with Gasteiger partial charge in [-0.05, 0) is 51.2 Å². The fourth-order valence-electron chi connectivity index (χ4n) is 6.28. The molecule has 0 saturated carbocycles. The van der Waals surface area contributed by atoms with E-state index < -0.39 is 58.7 Å². The fourth-order valence-corrected chi connectivity index (χ4v) is 8.93. The van der Waals surface area contributed by atoms with E-state index in [0.717, 1.165) is 47.7 Å². The van der Waals surface area contributed by atoms with Gasteiger partial charge in [-0.25, -0.2) is 13.9 Å². The Bertz CT molecular complexity index is 1470. The van der Waals surface area contributed by atoms with E-state index in [1.165, 1.54) is 0 Å². The number of rotatable bonds is 34. The van der Waals surface area contributed by atoms with Gasteiger partial charge in [-0.2, -0.15) is 11.8 Å². The number of phosphoric ester groups is 2. The van der Waals surface area contributed by atoms with Gasteiger partial charge in [-0.3, -0.25) is 37.5 Å². The van der Waals surface area contributed by atoms with Crippen LogP contribution in [0.5, 0.6) is 0 Å². The quantitative estimate of drug-likeness (QED) is 0.0186. The molecule has 4 unspecified atom stereocenters. The summed E-state index contributed by atoms with van der Waals surface area (Å²) in [6, 6.07) is 0.255. The second-order valence-electron chi connectivity index (χ2n) is 14.2. The number of unbranched alkanes of at least 4 members (excludes halogenated alkanes) is 7. The molecule has 2 heterocycles. The Hall–Kier alpha value is -2.68. The van der Waals surface area contributed by atoms with Crippen molar-refractivity contribution in [2.24, 2.45) is 0 Å². The van der Waals surface area contributed by atoms with Crippen LogP contribution in [0, 0.1) is 0 Å². The zero-order valence-corrected chi connectivity index (χ0v) is 36.7. The minimum Gasteiger partial charge on any atom is -0.356 e. The van der Waals surface area contributed by atoms with Crippen molar-refractivity contribution in [3.8, 4) is 0 Å². The molecule has 2 fully saturated rings. The summed E-state index contributed by atoms with van der Waals surface area (Å²) in [5, 5.41) is 14.4. The summed E-state index contributed by atoms with van der Waals surface area (Å²) >= 11 is 1.86. The first-order valence-corrected chi connectivity index (χ1v) is 24.4. The van der Waals surface area contributed by atoms with Crippen LogP contribution < -0.4 is 26.6 Å². The van der Waals surface area contributed by atoms with Gasteiger partial charge in [-0.15, -0.1) is 0 Å². The third kappa shape index (κ3) is 24.1. The second-order valence-corrected chi connectivity index (χ2v) is 18.2. The molecule has 2 rings (SSSR count). The van der Waals surface area contributed by atoms with Crippen molar-refractivity contribution in [1.29, 1.82) is 0 Å². The number of thioether (sulfide) groups is 1. The van der Waals surface area contributed by atoms with Crippen molar-refractivity contribution >= 4 is 78.7 Å². The molecule has 21 nitrogen and oxygen atoms in total. The Morgan fingerprint density at radius 1 is 0.683 bits per heavy atom. The number of hydrogen-bond donors (Lipinski definition) is 8. The molecule has 8 N–H and O–H groups in total. The molecule has 2 saturated heterocycles. The highest BCUT2D eigenvalue weighted by Crippen LogP contribution is 2.43. The predicted molar refractivity (Wildman–Crippen MR) is 224 cm³/mol. The molecule has 0 aromatic heterocycles. The average molecular weight is 908 g/mol. The molecule has 0 aromatic carbocycles. The van der Waals surface area contributed by atoms with Crippen LogP contribution in [0.25, 0.3) is 0 Å². The van der Waals surface area contributed by atoms with Crippen molar-refractivity contribution in [3.05, 3.63) is 0 Å². The Kier molecular flexibility index (Phi) is 26.4. The number of urea groups is 1. The van der Waals surface area contributed by atoms with Crippen LogP contribution in [0.15, 0.2) is 0 Å². The zero-order chi connectivity index (χ0) is 44.4. The van der Waals surface area contributed by atoms with Crippen LogP contribution in [-0.2, 0) is 46.7 Å². The zero-order valence-electron chi connectivity index (χ0n) is 34.1. The van der Waals surface area contributed by atoms with E-state index in [1.807, 2.05) is 11.8 Å². The third-order valence-corrected chi connectivity index (χ3v) is 12.5. The van der Waals surface area contributed by atoms with Crippen molar-refractivity contribution in [2.45, 2.75) is 107 Å². The van der Waals surface area contributed by atoms with E-state index >= 15 is 0 Å². The number of fused-ring (bicyclic) bond motifs is 1. The lowest BCUT2D eigenvalue weighted by molar-refractivity contribution is -0.135. The molecule has 0 aromatic rings. The van der Waals surface area contributed by atoms with E-state index in [2.05, 4.69) is 31.1 Å². The van der Waals surface area contributed by atoms with Gasteiger partial charge in [0.05, 0.1) is 60.7 Å². The summed E-state index contributed by atoms with van der Waals surface area (Å²) < 4.78 is 37.4. The number of amides is 7. The summed E-state index contributed by atoms with van der Waals surface area (Å²) in [5.41, 5.74) is 0. The maximum absolute atomic E-state index is 12.6. The summed E-state index contributed by atoms with van der Waals surface area (Å²) in [5.74, 6) is -1.33. The maximum atomic E-state index is 12.6. The minimum atomic E-state index is -4.49. The first-order valence-electron chi connectivity index (χ1n) is 20.3. The molecule has 4 atom stereocenters. The topological polar surface area (TPSA) is 292 Å². The van der Waals surface area contributed by atoms with Crippen LogP contribution in [0.2, 0.25) is 12.6 Å². The molecule has 60 heavy (non-hydrogen) atoms. The van der Waals surface area contributed by atoms with Gasteiger partial charge in [0.1, 0.15) is 0 Å². The Labute approximate surface area is 358 Å². The number of nitrogens with one attached hydrogen (secondary N) is 5. The van der Waals surface area contributed by atoms with E-state index in [9.17, 15) is 42.8 Å². The molecular weight excluding hydrogens is 846 g/mol. The molecular formula is C34H61B2N7O14P2S. The van der Waals surface area contributed by atoms with Crippen molar-refractivity contribution in [2.75, 3.05) is 71.4 Å². The monoisotopic (exact) mass is 907 g/mol. The molecule has 0 spiro atoms. The number of carbonyl (C=O) groups excluding carboxylic acids is 6. The highest BCUT2D eigenvalue weighted by molar-refractivity contribution is 8.00. The van der Waals surface area contributed by atoms with Crippen molar-refractivity contribution in [1.82, 2.24) is 36.4 Å². The summed E-state index contributed by atoms with van der Waals surface area (Å²) in [4.78, 5) is 103. The van der Waals surface area contributed by atoms with E-state index in [4.69, 9.17) is 34.5 Å². The molecule has 4 radical (unpaired) electrons. The lowest BCUT2D eigenvalue weighted by atomic mass is 10.0. The van der Waals surface area contributed by atoms with Gasteiger partial charge >= 0.3 is 21.7 Å². The first-order chi connectivity index (χ1) is 28.5. The molecule has 2 aliphatic heterocycles. The van der Waals surface area contributed by atoms with Crippen LogP contribution in [-0.4, -0.2) is 164 Å². The third-order valence-electron chi connectivity index (χ3n) is 9.42. The van der Waals surface area contributed by atoms with Crippen molar-refractivity contribution in [3.63, 3.8) is 0 Å². The normalized spacial score (nSPS) is 18.1. The summed E-state index contributed by atoms with van der Waals surface area (Å²) in [6.45, 7) is -0.895.